The second-order valence-corrected chi connectivity index (χ2v) is 7.09. The van der Waals surface area contributed by atoms with Gasteiger partial charge in [0.25, 0.3) is 5.91 Å². The van der Waals surface area contributed by atoms with E-state index in [2.05, 4.69) is 0 Å². The molecule has 2 amide bonds. The maximum Gasteiger partial charge on any atom is 0.253 e. The Morgan fingerprint density at radius 2 is 1.62 bits per heavy atom. The molecule has 0 saturated carbocycles. The number of rotatable bonds is 5. The van der Waals surface area contributed by atoms with Crippen molar-refractivity contribution in [2.24, 2.45) is 11.1 Å². The van der Waals surface area contributed by atoms with Gasteiger partial charge in [0.1, 0.15) is 0 Å². The van der Waals surface area contributed by atoms with Crippen molar-refractivity contribution in [3.8, 4) is 0 Å². The van der Waals surface area contributed by atoms with Gasteiger partial charge in [-0.15, -0.1) is 12.4 Å². The predicted molar refractivity (Wildman–Crippen MR) is 100 cm³/mol. The second-order valence-electron chi connectivity index (χ2n) is 7.09. The first-order chi connectivity index (χ1) is 10.6. The molecule has 2 N–H and O–H groups in total. The van der Waals surface area contributed by atoms with E-state index in [1.54, 1.807) is 36.0 Å². The van der Waals surface area contributed by atoms with Crippen LogP contribution in [0.1, 0.15) is 43.6 Å². The fraction of sp³-hybridized carbons (Fsp3) is 0.556. The number of halogens is 1. The number of carbonyl (C=O) groups is 2. The van der Waals surface area contributed by atoms with Crippen molar-refractivity contribution in [2.75, 3.05) is 20.6 Å². The minimum absolute atomic E-state index is 0. The molecule has 0 fully saturated rings. The number of hydrogen-bond acceptors (Lipinski definition) is 3. The van der Waals surface area contributed by atoms with Crippen LogP contribution in [0.3, 0.4) is 0 Å². The standard InChI is InChI=1S/C18H29N3O2.ClH/c1-7-21(17(23)15(19)18(2,3)4)12-13-8-10-14(11-9-13)16(22)20(5)6;/h8-11,15H,7,12,19H2,1-6H3;1H/t15-;/m1./s1. The van der Waals surface area contributed by atoms with Gasteiger partial charge in [-0.25, -0.2) is 0 Å². The van der Waals surface area contributed by atoms with Crippen LogP contribution in [0, 0.1) is 5.41 Å². The summed E-state index contributed by atoms with van der Waals surface area (Å²) in [6.45, 7) is 8.93. The molecule has 0 aliphatic rings. The van der Waals surface area contributed by atoms with E-state index in [4.69, 9.17) is 5.73 Å². The molecule has 0 bridgehead atoms. The zero-order chi connectivity index (χ0) is 17.8. The van der Waals surface area contributed by atoms with E-state index in [1.807, 2.05) is 39.8 Å². The van der Waals surface area contributed by atoms with E-state index in [0.717, 1.165) is 5.56 Å². The second kappa shape index (κ2) is 9.04. The van der Waals surface area contributed by atoms with Crippen LogP contribution in [0.15, 0.2) is 24.3 Å². The molecule has 1 aromatic carbocycles. The number of likely N-dealkylation sites (N-methyl/N-ethyl adjacent to an activating group) is 1. The summed E-state index contributed by atoms with van der Waals surface area (Å²) >= 11 is 0. The minimum Gasteiger partial charge on any atom is -0.345 e. The molecule has 0 saturated heterocycles. The Bertz CT molecular complexity index is 550. The monoisotopic (exact) mass is 355 g/mol. The van der Waals surface area contributed by atoms with Gasteiger partial charge in [0.15, 0.2) is 0 Å². The van der Waals surface area contributed by atoms with Gasteiger partial charge in [-0.1, -0.05) is 32.9 Å². The molecule has 0 aliphatic carbocycles. The fourth-order valence-corrected chi connectivity index (χ4v) is 2.14. The first-order valence-corrected chi connectivity index (χ1v) is 7.93. The molecule has 5 nitrogen and oxygen atoms in total. The van der Waals surface area contributed by atoms with Crippen LogP contribution in [0.4, 0.5) is 0 Å². The largest absolute Gasteiger partial charge is 0.345 e. The SMILES string of the molecule is CCN(Cc1ccc(C(=O)N(C)C)cc1)C(=O)[C@@H](N)C(C)(C)C.Cl. The van der Waals surface area contributed by atoms with Crippen molar-refractivity contribution in [3.05, 3.63) is 35.4 Å². The van der Waals surface area contributed by atoms with E-state index in [0.29, 0.717) is 18.7 Å². The normalized spacial score (nSPS) is 12.1. The first kappa shape index (κ1) is 22.4. The average molecular weight is 356 g/mol. The Morgan fingerprint density at radius 3 is 2.00 bits per heavy atom. The number of nitrogens with two attached hydrogens (primary N) is 1. The van der Waals surface area contributed by atoms with E-state index in [1.165, 1.54) is 0 Å². The molecular formula is C18H30ClN3O2. The van der Waals surface area contributed by atoms with Gasteiger partial charge in [-0.3, -0.25) is 9.59 Å². The van der Waals surface area contributed by atoms with Crippen LogP contribution >= 0.6 is 12.4 Å². The predicted octanol–water partition coefficient (Wildman–Crippen LogP) is 2.53. The fourth-order valence-electron chi connectivity index (χ4n) is 2.14. The summed E-state index contributed by atoms with van der Waals surface area (Å²) in [5.41, 5.74) is 7.43. The zero-order valence-corrected chi connectivity index (χ0v) is 16.3. The summed E-state index contributed by atoms with van der Waals surface area (Å²) in [6, 6.07) is 6.82. The summed E-state index contributed by atoms with van der Waals surface area (Å²) in [6.07, 6.45) is 0. The highest BCUT2D eigenvalue weighted by molar-refractivity contribution is 5.93. The zero-order valence-electron chi connectivity index (χ0n) is 15.5. The van der Waals surface area contributed by atoms with Crippen LogP contribution in [0.25, 0.3) is 0 Å². The summed E-state index contributed by atoms with van der Waals surface area (Å²) in [4.78, 5) is 27.7. The lowest BCUT2D eigenvalue weighted by Crippen LogP contribution is -2.50. The molecule has 1 atom stereocenters. The maximum atomic E-state index is 12.5. The van der Waals surface area contributed by atoms with E-state index in [-0.39, 0.29) is 29.6 Å². The molecule has 0 aliphatic heterocycles. The number of carbonyl (C=O) groups excluding carboxylic acids is 2. The van der Waals surface area contributed by atoms with Gasteiger partial charge >= 0.3 is 0 Å². The minimum atomic E-state index is -0.531. The quantitative estimate of drug-likeness (QED) is 0.882. The smallest absolute Gasteiger partial charge is 0.253 e. The maximum absolute atomic E-state index is 12.5. The summed E-state index contributed by atoms with van der Waals surface area (Å²) in [5.74, 6) is -0.0804. The van der Waals surface area contributed by atoms with Crippen molar-refractivity contribution in [3.63, 3.8) is 0 Å². The van der Waals surface area contributed by atoms with Crippen LogP contribution < -0.4 is 5.73 Å². The molecule has 0 aromatic heterocycles. The summed E-state index contributed by atoms with van der Waals surface area (Å²) < 4.78 is 0. The van der Waals surface area contributed by atoms with Gasteiger partial charge < -0.3 is 15.5 Å². The molecular weight excluding hydrogens is 326 g/mol. The lowest BCUT2D eigenvalue weighted by molar-refractivity contribution is -0.135. The van der Waals surface area contributed by atoms with Gasteiger partial charge in [-0.05, 0) is 30.0 Å². The molecule has 1 rings (SSSR count). The lowest BCUT2D eigenvalue weighted by Gasteiger charge is -2.31. The van der Waals surface area contributed by atoms with Gasteiger partial charge in [0.05, 0.1) is 6.04 Å². The molecule has 0 unspecified atom stereocenters. The summed E-state index contributed by atoms with van der Waals surface area (Å²) in [5, 5.41) is 0. The highest BCUT2D eigenvalue weighted by atomic mass is 35.5. The first-order valence-electron chi connectivity index (χ1n) is 7.93. The number of amides is 2. The Labute approximate surface area is 151 Å². The van der Waals surface area contributed by atoms with Crippen LogP contribution in [-0.4, -0.2) is 48.3 Å². The highest BCUT2D eigenvalue weighted by Crippen LogP contribution is 2.20. The number of nitrogens with zero attached hydrogens (tertiary/aromatic N) is 2. The Hall–Kier alpha value is -1.59. The third-order valence-corrected chi connectivity index (χ3v) is 3.87. The van der Waals surface area contributed by atoms with E-state index in [9.17, 15) is 9.59 Å². The molecule has 0 heterocycles. The molecule has 136 valence electrons. The van der Waals surface area contributed by atoms with E-state index < -0.39 is 6.04 Å². The summed E-state index contributed by atoms with van der Waals surface area (Å²) in [7, 11) is 3.45. The molecule has 0 spiro atoms. The van der Waals surface area contributed by atoms with Crippen molar-refractivity contribution in [2.45, 2.75) is 40.3 Å². The van der Waals surface area contributed by atoms with Crippen molar-refractivity contribution < 1.29 is 9.59 Å². The molecule has 6 heteroatoms. The Morgan fingerprint density at radius 1 is 1.12 bits per heavy atom. The van der Waals surface area contributed by atoms with Crippen molar-refractivity contribution in [1.82, 2.24) is 9.80 Å². The van der Waals surface area contributed by atoms with Crippen molar-refractivity contribution in [1.29, 1.82) is 0 Å². The third-order valence-electron chi connectivity index (χ3n) is 3.87. The average Bonchev–Trinajstić information content (AvgIpc) is 2.50. The van der Waals surface area contributed by atoms with Crippen LogP contribution in [0.2, 0.25) is 0 Å². The molecule has 24 heavy (non-hydrogen) atoms. The lowest BCUT2D eigenvalue weighted by atomic mass is 9.86. The third kappa shape index (κ3) is 5.80. The van der Waals surface area contributed by atoms with Crippen molar-refractivity contribution >= 4 is 24.2 Å². The van der Waals surface area contributed by atoms with E-state index >= 15 is 0 Å². The van der Waals surface area contributed by atoms with Gasteiger partial charge in [0.2, 0.25) is 5.91 Å². The Kier molecular flexibility index (Phi) is 8.44. The molecule has 1 aromatic rings. The van der Waals surface area contributed by atoms with Gasteiger partial charge in [0, 0.05) is 32.7 Å². The number of hydrogen-bond donors (Lipinski definition) is 1. The highest BCUT2D eigenvalue weighted by Gasteiger charge is 2.30. The topological polar surface area (TPSA) is 66.6 Å². The Balaban J connectivity index is 0.00000529. The van der Waals surface area contributed by atoms with Crippen LogP contribution in [-0.2, 0) is 11.3 Å². The number of benzene rings is 1. The van der Waals surface area contributed by atoms with Gasteiger partial charge in [-0.2, -0.15) is 0 Å². The van der Waals surface area contributed by atoms with Crippen LogP contribution in [0.5, 0.6) is 0 Å². The molecule has 0 radical (unpaired) electrons.